The lowest BCUT2D eigenvalue weighted by atomic mass is 10.1. The van der Waals surface area contributed by atoms with Gasteiger partial charge in [-0.2, -0.15) is 0 Å². The normalized spacial score (nSPS) is 23.3. The fourth-order valence-corrected chi connectivity index (χ4v) is 2.45. The van der Waals surface area contributed by atoms with Crippen LogP contribution < -0.4 is 10.1 Å². The van der Waals surface area contributed by atoms with Crippen molar-refractivity contribution in [2.24, 2.45) is 0 Å². The fourth-order valence-electron chi connectivity index (χ4n) is 2.45. The zero-order valence-corrected chi connectivity index (χ0v) is 11.4. The summed E-state index contributed by atoms with van der Waals surface area (Å²) in [6.45, 7) is 2.48. The van der Waals surface area contributed by atoms with Gasteiger partial charge in [0.25, 0.3) is 0 Å². The number of rotatable bonds is 6. The molecule has 1 aromatic rings. The fraction of sp³-hybridized carbons (Fsp3) is 0.625. The Hall–Kier alpha value is -1.06. The highest BCUT2D eigenvalue weighted by atomic mass is 16.5. The van der Waals surface area contributed by atoms with Crippen LogP contribution in [0.15, 0.2) is 24.3 Å². The topological polar surface area (TPSA) is 30.5 Å². The Morgan fingerprint density at radius 2 is 2.05 bits per heavy atom. The number of hydrogen-bond donors (Lipinski definition) is 1. The summed E-state index contributed by atoms with van der Waals surface area (Å²) >= 11 is 0. The summed E-state index contributed by atoms with van der Waals surface area (Å²) in [5.74, 6) is 1.00. The molecule has 2 aliphatic rings. The molecule has 3 nitrogen and oxygen atoms in total. The van der Waals surface area contributed by atoms with E-state index in [-0.39, 0.29) is 6.10 Å². The van der Waals surface area contributed by atoms with Crippen molar-refractivity contribution in [3.05, 3.63) is 29.8 Å². The first-order valence-electron chi connectivity index (χ1n) is 7.47. The molecular weight excluding hydrogens is 238 g/mol. The summed E-state index contributed by atoms with van der Waals surface area (Å²) in [5, 5.41) is 3.54. The van der Waals surface area contributed by atoms with Crippen molar-refractivity contribution in [2.75, 3.05) is 13.2 Å². The Labute approximate surface area is 115 Å². The molecule has 1 N–H and O–H groups in total. The summed E-state index contributed by atoms with van der Waals surface area (Å²) in [6, 6.07) is 9.06. The highest BCUT2D eigenvalue weighted by Crippen LogP contribution is 2.23. The lowest BCUT2D eigenvalue weighted by molar-refractivity contribution is -0.0112. The van der Waals surface area contributed by atoms with Crippen molar-refractivity contribution < 1.29 is 9.47 Å². The number of hydrogen-bond acceptors (Lipinski definition) is 3. The van der Waals surface area contributed by atoms with Crippen LogP contribution in [0.3, 0.4) is 0 Å². The van der Waals surface area contributed by atoms with E-state index in [1.807, 2.05) is 6.07 Å². The van der Waals surface area contributed by atoms with Gasteiger partial charge in [-0.05, 0) is 38.2 Å². The summed E-state index contributed by atoms with van der Waals surface area (Å²) in [6.07, 6.45) is 6.50. The Morgan fingerprint density at radius 1 is 1.16 bits per heavy atom. The van der Waals surface area contributed by atoms with E-state index in [2.05, 4.69) is 23.5 Å². The monoisotopic (exact) mass is 261 g/mol. The Morgan fingerprint density at radius 3 is 2.84 bits per heavy atom. The summed E-state index contributed by atoms with van der Waals surface area (Å²) in [4.78, 5) is 0. The van der Waals surface area contributed by atoms with Gasteiger partial charge < -0.3 is 14.8 Å². The molecule has 3 rings (SSSR count). The average Bonchev–Trinajstić information content (AvgIpc) is 3.29. The van der Waals surface area contributed by atoms with Crippen LogP contribution in [0.25, 0.3) is 0 Å². The third-order valence-corrected chi connectivity index (χ3v) is 3.83. The van der Waals surface area contributed by atoms with Crippen molar-refractivity contribution in [3.63, 3.8) is 0 Å². The van der Waals surface area contributed by atoms with Gasteiger partial charge >= 0.3 is 0 Å². The van der Waals surface area contributed by atoms with E-state index in [0.29, 0.717) is 6.61 Å². The molecule has 2 fully saturated rings. The molecule has 0 radical (unpaired) electrons. The molecule has 1 aliphatic carbocycles. The maximum atomic E-state index is 5.96. The second-order valence-corrected chi connectivity index (χ2v) is 5.56. The Balaban J connectivity index is 1.52. The van der Waals surface area contributed by atoms with E-state index >= 15 is 0 Å². The molecule has 0 bridgehead atoms. The first-order valence-corrected chi connectivity index (χ1v) is 7.47. The number of ether oxygens (including phenoxy) is 2. The number of para-hydroxylation sites is 1. The molecule has 104 valence electrons. The van der Waals surface area contributed by atoms with Gasteiger partial charge in [-0.15, -0.1) is 0 Å². The second-order valence-electron chi connectivity index (χ2n) is 5.56. The van der Waals surface area contributed by atoms with Crippen LogP contribution in [0.1, 0.15) is 37.7 Å². The predicted molar refractivity (Wildman–Crippen MR) is 75.4 cm³/mol. The van der Waals surface area contributed by atoms with Crippen molar-refractivity contribution in [3.8, 4) is 5.75 Å². The van der Waals surface area contributed by atoms with E-state index in [9.17, 15) is 0 Å². The first kappa shape index (κ1) is 12.9. The maximum absolute atomic E-state index is 5.96. The predicted octanol–water partition coefficient (Wildman–Crippen LogP) is 2.89. The molecular formula is C16H23NO2. The summed E-state index contributed by atoms with van der Waals surface area (Å²) < 4.78 is 11.7. The van der Waals surface area contributed by atoms with Crippen LogP contribution in [0.5, 0.6) is 5.75 Å². The lowest BCUT2D eigenvalue weighted by Crippen LogP contribution is -2.26. The molecule has 0 spiro atoms. The van der Waals surface area contributed by atoms with E-state index in [1.165, 1.54) is 31.2 Å². The van der Waals surface area contributed by atoms with Gasteiger partial charge in [-0.1, -0.05) is 18.2 Å². The highest BCUT2D eigenvalue weighted by Gasteiger charge is 2.21. The minimum Gasteiger partial charge on any atom is -0.491 e. The van der Waals surface area contributed by atoms with Gasteiger partial charge in [-0.3, -0.25) is 0 Å². The summed E-state index contributed by atoms with van der Waals surface area (Å²) in [5.41, 5.74) is 1.25. The van der Waals surface area contributed by atoms with Crippen molar-refractivity contribution in [2.45, 2.75) is 50.8 Å². The smallest absolute Gasteiger partial charge is 0.123 e. The first-order chi connectivity index (χ1) is 9.42. The molecule has 1 unspecified atom stereocenters. The Kier molecular flexibility index (Phi) is 4.36. The van der Waals surface area contributed by atoms with Crippen molar-refractivity contribution in [1.82, 2.24) is 5.32 Å². The maximum Gasteiger partial charge on any atom is 0.123 e. The molecule has 1 saturated carbocycles. The minimum atomic E-state index is 0.276. The third-order valence-electron chi connectivity index (χ3n) is 3.83. The van der Waals surface area contributed by atoms with Crippen LogP contribution in [-0.2, 0) is 11.3 Å². The zero-order valence-electron chi connectivity index (χ0n) is 11.4. The van der Waals surface area contributed by atoms with Crippen molar-refractivity contribution in [1.29, 1.82) is 0 Å². The molecule has 1 saturated heterocycles. The van der Waals surface area contributed by atoms with Crippen LogP contribution in [-0.4, -0.2) is 25.4 Å². The number of benzene rings is 1. The van der Waals surface area contributed by atoms with Gasteiger partial charge in [0.2, 0.25) is 0 Å². The molecule has 1 aromatic carbocycles. The van der Waals surface area contributed by atoms with Crippen LogP contribution in [0, 0.1) is 0 Å². The standard InChI is InChI=1S/C16H23NO2/c1-2-7-16(13(5-1)11-17-14-8-9-14)19-12-15-6-3-4-10-18-15/h1-2,5,7,14-15,17H,3-4,6,8-12H2. The van der Waals surface area contributed by atoms with E-state index in [0.717, 1.165) is 31.4 Å². The third kappa shape index (κ3) is 3.95. The van der Waals surface area contributed by atoms with Gasteiger partial charge in [0, 0.05) is 24.8 Å². The van der Waals surface area contributed by atoms with E-state index < -0.39 is 0 Å². The lowest BCUT2D eigenvalue weighted by Gasteiger charge is -2.23. The zero-order chi connectivity index (χ0) is 12.9. The van der Waals surface area contributed by atoms with Crippen LogP contribution in [0.2, 0.25) is 0 Å². The molecule has 0 amide bonds. The molecule has 3 heteroatoms. The molecule has 0 aromatic heterocycles. The van der Waals surface area contributed by atoms with E-state index in [1.54, 1.807) is 0 Å². The molecule has 1 aliphatic heterocycles. The second kappa shape index (κ2) is 6.40. The van der Waals surface area contributed by atoms with Gasteiger partial charge in [0.15, 0.2) is 0 Å². The molecule has 1 heterocycles. The quantitative estimate of drug-likeness (QED) is 0.854. The van der Waals surface area contributed by atoms with Crippen molar-refractivity contribution >= 4 is 0 Å². The molecule has 1 atom stereocenters. The molecule has 19 heavy (non-hydrogen) atoms. The van der Waals surface area contributed by atoms with Crippen LogP contribution in [0.4, 0.5) is 0 Å². The summed E-state index contributed by atoms with van der Waals surface area (Å²) in [7, 11) is 0. The number of nitrogens with one attached hydrogen (secondary N) is 1. The van der Waals surface area contributed by atoms with Crippen LogP contribution >= 0.6 is 0 Å². The Bertz CT molecular complexity index is 397. The minimum absolute atomic E-state index is 0.276. The highest BCUT2D eigenvalue weighted by molar-refractivity contribution is 5.33. The largest absolute Gasteiger partial charge is 0.491 e. The van der Waals surface area contributed by atoms with Gasteiger partial charge in [-0.25, -0.2) is 0 Å². The SMILES string of the molecule is c1ccc(OCC2CCCCO2)c(CNC2CC2)c1. The van der Waals surface area contributed by atoms with E-state index in [4.69, 9.17) is 9.47 Å². The average molecular weight is 261 g/mol. The van der Waals surface area contributed by atoms with Gasteiger partial charge in [0.1, 0.15) is 12.4 Å². The van der Waals surface area contributed by atoms with Gasteiger partial charge in [0.05, 0.1) is 6.10 Å².